The van der Waals surface area contributed by atoms with Gasteiger partial charge in [-0.05, 0) is 92.6 Å². The highest BCUT2D eigenvalue weighted by Gasteiger charge is 2.67. The minimum absolute atomic E-state index is 0.157. The Hall–Kier alpha value is -0.930. The van der Waals surface area contributed by atoms with E-state index in [0.717, 1.165) is 31.1 Å². The third-order valence-corrected chi connectivity index (χ3v) is 9.56. The molecule has 3 nitrogen and oxygen atoms in total. The second-order valence-electron chi connectivity index (χ2n) is 10.4. The lowest BCUT2D eigenvalue weighted by Gasteiger charge is -2.57. The molecule has 0 aromatic heterocycles. The lowest BCUT2D eigenvalue weighted by Crippen LogP contribution is -2.53. The van der Waals surface area contributed by atoms with Gasteiger partial charge in [-0.1, -0.05) is 18.6 Å². The van der Waals surface area contributed by atoms with Crippen LogP contribution in [0, 0.1) is 34.5 Å². The lowest BCUT2D eigenvalue weighted by atomic mass is 9.48. The van der Waals surface area contributed by atoms with Gasteiger partial charge in [0.25, 0.3) is 0 Å². The summed E-state index contributed by atoms with van der Waals surface area (Å²) in [7, 11) is 0. The lowest BCUT2D eigenvalue weighted by molar-refractivity contribution is -0.182. The van der Waals surface area contributed by atoms with Gasteiger partial charge < -0.3 is 9.84 Å². The fourth-order valence-corrected chi connectivity index (χ4v) is 8.15. The number of fused-ring (bicyclic) bond motifs is 7. The first-order valence-electron chi connectivity index (χ1n) is 10.8. The summed E-state index contributed by atoms with van der Waals surface area (Å²) in [6.45, 7) is 2.44. The number of hydrogen-bond donors (Lipinski definition) is 1. The second-order valence-corrected chi connectivity index (χ2v) is 10.4. The Kier molecular flexibility index (Phi) is 3.03. The maximum Gasteiger partial charge on any atom is 0.175 e. The van der Waals surface area contributed by atoms with Crippen molar-refractivity contribution in [1.29, 1.82) is 0 Å². The van der Waals surface area contributed by atoms with E-state index in [-0.39, 0.29) is 11.0 Å². The molecule has 3 heteroatoms. The van der Waals surface area contributed by atoms with Gasteiger partial charge in [-0.2, -0.15) is 0 Å². The minimum atomic E-state index is -0.719. The van der Waals surface area contributed by atoms with E-state index >= 15 is 0 Å². The van der Waals surface area contributed by atoms with E-state index in [1.165, 1.54) is 38.5 Å². The molecule has 7 atom stereocenters. The van der Waals surface area contributed by atoms with E-state index in [1.54, 1.807) is 5.57 Å². The molecule has 26 heavy (non-hydrogen) atoms. The molecule has 4 fully saturated rings. The van der Waals surface area contributed by atoms with Gasteiger partial charge in [0.05, 0.1) is 5.60 Å². The molecule has 0 amide bonds. The molecule has 0 bridgehead atoms. The number of allylic oxidation sites excluding steroid dienone is 1. The standard InChI is InChI=1S/C23H30O3/c1-21-7-4-15-16-3-2-14(24)12-19(16)22(10-11-22)13-17(15)18(21)5-8-23(21)9-6-20(25)26-23/h6,9,12,15-18,20,25H,2-5,7-8,10-11,13H2,1H3/t15?,16-,17?,18?,20?,21+,23-/m1/s1. The molecule has 5 aliphatic carbocycles. The molecule has 0 radical (unpaired) electrons. The Morgan fingerprint density at radius 1 is 1.12 bits per heavy atom. The zero-order valence-corrected chi connectivity index (χ0v) is 15.7. The van der Waals surface area contributed by atoms with Crippen LogP contribution in [-0.4, -0.2) is 22.8 Å². The summed E-state index contributed by atoms with van der Waals surface area (Å²) in [5, 5.41) is 10.0. The monoisotopic (exact) mass is 354 g/mol. The molecule has 140 valence electrons. The van der Waals surface area contributed by atoms with E-state index in [1.807, 2.05) is 6.08 Å². The van der Waals surface area contributed by atoms with Crippen molar-refractivity contribution in [2.75, 3.05) is 0 Å². The van der Waals surface area contributed by atoms with Crippen LogP contribution in [0.4, 0.5) is 0 Å². The normalized spacial score (nSPS) is 53.4. The number of carbonyl (C=O) groups excluding carboxylic acids is 1. The molecule has 6 aliphatic rings. The SMILES string of the molecule is C[C@]12CCC3C(CC4(CC4)C4=CC(=O)CC[C@@H]43)C1CC[C@@]21C=CC(O)O1. The summed E-state index contributed by atoms with van der Waals surface area (Å²) >= 11 is 0. The number of ether oxygens (including phenoxy) is 1. The maximum absolute atomic E-state index is 12.1. The molecule has 0 saturated heterocycles. The van der Waals surface area contributed by atoms with Crippen molar-refractivity contribution >= 4 is 5.78 Å². The van der Waals surface area contributed by atoms with Crippen LogP contribution >= 0.6 is 0 Å². The fraction of sp³-hybridized carbons (Fsp3) is 0.783. The van der Waals surface area contributed by atoms with Crippen molar-refractivity contribution in [2.24, 2.45) is 34.5 Å². The van der Waals surface area contributed by atoms with Gasteiger partial charge >= 0.3 is 0 Å². The third-order valence-electron chi connectivity index (χ3n) is 9.56. The van der Waals surface area contributed by atoms with E-state index < -0.39 is 6.29 Å². The number of ketones is 1. The van der Waals surface area contributed by atoms with Crippen LogP contribution in [0.5, 0.6) is 0 Å². The van der Waals surface area contributed by atoms with Crippen molar-refractivity contribution in [3.63, 3.8) is 0 Å². The third kappa shape index (κ3) is 1.84. The van der Waals surface area contributed by atoms with Gasteiger partial charge in [-0.15, -0.1) is 0 Å². The van der Waals surface area contributed by atoms with Crippen LogP contribution in [0.25, 0.3) is 0 Å². The molecule has 0 aromatic rings. The van der Waals surface area contributed by atoms with Gasteiger partial charge in [0.2, 0.25) is 0 Å². The van der Waals surface area contributed by atoms with Crippen LogP contribution in [0.15, 0.2) is 23.8 Å². The highest BCUT2D eigenvalue weighted by atomic mass is 16.6. The van der Waals surface area contributed by atoms with Crippen LogP contribution in [-0.2, 0) is 9.53 Å². The van der Waals surface area contributed by atoms with Crippen LogP contribution < -0.4 is 0 Å². The summed E-state index contributed by atoms with van der Waals surface area (Å²) in [6.07, 6.45) is 15.9. The summed E-state index contributed by atoms with van der Waals surface area (Å²) in [5.74, 6) is 3.29. The zero-order valence-electron chi connectivity index (χ0n) is 15.7. The van der Waals surface area contributed by atoms with Crippen molar-refractivity contribution in [2.45, 2.75) is 76.6 Å². The molecule has 4 saturated carbocycles. The fourth-order valence-electron chi connectivity index (χ4n) is 8.15. The van der Waals surface area contributed by atoms with Crippen LogP contribution in [0.1, 0.15) is 64.7 Å². The Bertz CT molecular complexity index is 732. The van der Waals surface area contributed by atoms with Crippen molar-refractivity contribution < 1.29 is 14.6 Å². The molecule has 0 aromatic carbocycles. The van der Waals surface area contributed by atoms with Gasteiger partial charge in [-0.3, -0.25) is 4.79 Å². The molecule has 4 unspecified atom stereocenters. The van der Waals surface area contributed by atoms with E-state index in [2.05, 4.69) is 19.1 Å². The number of carbonyl (C=O) groups is 1. The largest absolute Gasteiger partial charge is 0.365 e. The summed E-state index contributed by atoms with van der Waals surface area (Å²) in [6, 6.07) is 0. The molecular weight excluding hydrogens is 324 g/mol. The molecule has 1 heterocycles. The minimum Gasteiger partial charge on any atom is -0.365 e. The summed E-state index contributed by atoms with van der Waals surface area (Å²) < 4.78 is 6.14. The predicted molar refractivity (Wildman–Crippen MR) is 98.1 cm³/mol. The molecule has 6 rings (SSSR count). The van der Waals surface area contributed by atoms with E-state index in [9.17, 15) is 9.90 Å². The van der Waals surface area contributed by atoms with E-state index in [4.69, 9.17) is 4.74 Å². The Morgan fingerprint density at radius 3 is 2.69 bits per heavy atom. The van der Waals surface area contributed by atoms with Crippen LogP contribution in [0.2, 0.25) is 0 Å². The highest BCUT2D eigenvalue weighted by molar-refractivity contribution is 5.91. The predicted octanol–water partition coefficient (Wildman–Crippen LogP) is 4.16. The topological polar surface area (TPSA) is 46.5 Å². The number of aliphatic hydroxyl groups is 1. The number of hydrogen-bond acceptors (Lipinski definition) is 3. The van der Waals surface area contributed by atoms with Gasteiger partial charge in [-0.25, -0.2) is 0 Å². The number of aliphatic hydroxyl groups excluding tert-OH is 1. The van der Waals surface area contributed by atoms with Gasteiger partial charge in [0, 0.05) is 11.8 Å². The Labute approximate surface area is 155 Å². The molecule has 1 aliphatic heterocycles. The average Bonchev–Trinajstić information content (AvgIpc) is 3.19. The maximum atomic E-state index is 12.1. The van der Waals surface area contributed by atoms with Crippen molar-refractivity contribution in [1.82, 2.24) is 0 Å². The first kappa shape index (κ1) is 16.1. The van der Waals surface area contributed by atoms with Crippen LogP contribution in [0.3, 0.4) is 0 Å². The Morgan fingerprint density at radius 2 is 1.96 bits per heavy atom. The van der Waals surface area contributed by atoms with Crippen molar-refractivity contribution in [3.05, 3.63) is 23.8 Å². The second kappa shape index (κ2) is 4.91. The zero-order chi connectivity index (χ0) is 17.7. The summed E-state index contributed by atoms with van der Waals surface area (Å²) in [5.41, 5.74) is 1.85. The van der Waals surface area contributed by atoms with Crippen molar-refractivity contribution in [3.8, 4) is 0 Å². The highest BCUT2D eigenvalue weighted by Crippen LogP contribution is 2.72. The molecular formula is C23H30O3. The van der Waals surface area contributed by atoms with Gasteiger partial charge in [0.15, 0.2) is 12.1 Å². The van der Waals surface area contributed by atoms with E-state index in [0.29, 0.717) is 23.0 Å². The average molecular weight is 354 g/mol. The molecule has 1 N–H and O–H groups in total. The smallest absolute Gasteiger partial charge is 0.175 e. The summed E-state index contributed by atoms with van der Waals surface area (Å²) in [4.78, 5) is 12.1. The Balaban J connectivity index is 1.38. The molecule has 2 spiro atoms. The first-order valence-corrected chi connectivity index (χ1v) is 10.8. The first-order chi connectivity index (χ1) is 12.5. The van der Waals surface area contributed by atoms with Gasteiger partial charge in [0.1, 0.15) is 0 Å². The number of rotatable bonds is 0. The quantitative estimate of drug-likeness (QED) is 0.664.